The number of nitrogen functional groups attached to an aromatic ring is 1. The molecule has 1 aromatic heterocycles. The summed E-state index contributed by atoms with van der Waals surface area (Å²) >= 11 is 0. The van der Waals surface area contributed by atoms with Crippen molar-refractivity contribution in [1.29, 1.82) is 0 Å². The van der Waals surface area contributed by atoms with Gasteiger partial charge in [0.05, 0.1) is 5.56 Å². The Hall–Kier alpha value is -2.75. The van der Waals surface area contributed by atoms with E-state index in [1.54, 1.807) is 12.3 Å². The Bertz CT molecular complexity index is 787. The maximum atomic E-state index is 12.3. The van der Waals surface area contributed by atoms with Gasteiger partial charge in [-0.05, 0) is 30.7 Å². The second kappa shape index (κ2) is 5.32. The van der Waals surface area contributed by atoms with Crippen molar-refractivity contribution in [2.75, 3.05) is 5.73 Å². The number of aryl methyl sites for hydroxylation is 1. The average Bonchev–Trinajstić information content (AvgIpc) is 2.89. The standard InChI is InChI=1S/C17H17N3O/c1-11-2-4-12(5-3-11)9-20-17(21)15-10-19-16-8-13(18)6-7-14(15)16/h2-8,10,19H,9,18H2,1H3,(H,20,21). The van der Waals surface area contributed by atoms with Gasteiger partial charge in [0.2, 0.25) is 0 Å². The van der Waals surface area contributed by atoms with Crippen molar-refractivity contribution in [3.05, 3.63) is 65.4 Å². The van der Waals surface area contributed by atoms with Gasteiger partial charge < -0.3 is 16.0 Å². The highest BCUT2D eigenvalue weighted by Crippen LogP contribution is 2.20. The van der Waals surface area contributed by atoms with Gasteiger partial charge in [0, 0.05) is 29.3 Å². The van der Waals surface area contributed by atoms with Crippen LogP contribution in [0, 0.1) is 6.92 Å². The topological polar surface area (TPSA) is 70.9 Å². The fraction of sp³-hybridized carbons (Fsp3) is 0.118. The molecule has 0 fully saturated rings. The van der Waals surface area contributed by atoms with E-state index in [9.17, 15) is 4.79 Å². The molecular weight excluding hydrogens is 262 g/mol. The van der Waals surface area contributed by atoms with E-state index in [4.69, 9.17) is 5.73 Å². The van der Waals surface area contributed by atoms with Gasteiger partial charge in [0.25, 0.3) is 5.91 Å². The third kappa shape index (κ3) is 2.74. The number of fused-ring (bicyclic) bond motifs is 1. The van der Waals surface area contributed by atoms with E-state index in [1.807, 2.05) is 43.3 Å². The summed E-state index contributed by atoms with van der Waals surface area (Å²) < 4.78 is 0. The quantitative estimate of drug-likeness (QED) is 0.645. The molecule has 0 atom stereocenters. The lowest BCUT2D eigenvalue weighted by Crippen LogP contribution is -2.22. The Morgan fingerprint density at radius 1 is 1.19 bits per heavy atom. The number of amides is 1. The number of anilines is 1. The zero-order valence-electron chi connectivity index (χ0n) is 11.8. The first-order valence-electron chi connectivity index (χ1n) is 6.84. The molecule has 106 valence electrons. The highest BCUT2D eigenvalue weighted by atomic mass is 16.1. The molecule has 1 amide bonds. The number of aromatic amines is 1. The smallest absolute Gasteiger partial charge is 0.253 e. The Labute approximate surface area is 123 Å². The fourth-order valence-electron chi connectivity index (χ4n) is 2.32. The molecule has 0 unspecified atom stereocenters. The van der Waals surface area contributed by atoms with Crippen molar-refractivity contribution < 1.29 is 4.79 Å². The van der Waals surface area contributed by atoms with Gasteiger partial charge in [-0.2, -0.15) is 0 Å². The van der Waals surface area contributed by atoms with Crippen molar-refractivity contribution in [3.63, 3.8) is 0 Å². The van der Waals surface area contributed by atoms with Crippen LogP contribution in [0.25, 0.3) is 10.9 Å². The van der Waals surface area contributed by atoms with Crippen LogP contribution in [0.2, 0.25) is 0 Å². The Kier molecular flexibility index (Phi) is 3.36. The van der Waals surface area contributed by atoms with Crippen LogP contribution in [-0.4, -0.2) is 10.9 Å². The number of aromatic nitrogens is 1. The third-order valence-corrected chi connectivity index (χ3v) is 3.52. The summed E-state index contributed by atoms with van der Waals surface area (Å²) in [4.78, 5) is 15.4. The zero-order chi connectivity index (χ0) is 14.8. The van der Waals surface area contributed by atoms with Gasteiger partial charge in [-0.3, -0.25) is 4.79 Å². The van der Waals surface area contributed by atoms with E-state index < -0.39 is 0 Å². The van der Waals surface area contributed by atoms with Gasteiger partial charge >= 0.3 is 0 Å². The number of nitrogens with one attached hydrogen (secondary N) is 2. The molecule has 0 aliphatic rings. The van der Waals surface area contributed by atoms with Crippen LogP contribution < -0.4 is 11.1 Å². The summed E-state index contributed by atoms with van der Waals surface area (Å²) in [5, 5.41) is 3.82. The molecule has 4 N–H and O–H groups in total. The lowest BCUT2D eigenvalue weighted by Gasteiger charge is -2.05. The maximum Gasteiger partial charge on any atom is 0.253 e. The molecule has 21 heavy (non-hydrogen) atoms. The Morgan fingerprint density at radius 3 is 2.71 bits per heavy atom. The molecule has 0 saturated carbocycles. The van der Waals surface area contributed by atoms with Gasteiger partial charge in [0.1, 0.15) is 0 Å². The first kappa shape index (κ1) is 13.2. The number of hydrogen-bond acceptors (Lipinski definition) is 2. The van der Waals surface area contributed by atoms with Gasteiger partial charge in [-0.25, -0.2) is 0 Å². The summed E-state index contributed by atoms with van der Waals surface area (Å²) in [6.07, 6.45) is 1.72. The molecule has 0 radical (unpaired) electrons. The molecule has 0 bridgehead atoms. The Balaban J connectivity index is 1.76. The van der Waals surface area contributed by atoms with E-state index >= 15 is 0 Å². The highest BCUT2D eigenvalue weighted by Gasteiger charge is 2.11. The maximum absolute atomic E-state index is 12.3. The summed E-state index contributed by atoms with van der Waals surface area (Å²) in [7, 11) is 0. The minimum Gasteiger partial charge on any atom is -0.399 e. The van der Waals surface area contributed by atoms with E-state index in [-0.39, 0.29) is 5.91 Å². The number of nitrogens with two attached hydrogens (primary N) is 1. The van der Waals surface area contributed by atoms with E-state index in [2.05, 4.69) is 10.3 Å². The lowest BCUT2D eigenvalue weighted by molar-refractivity contribution is 0.0952. The second-order valence-electron chi connectivity index (χ2n) is 5.18. The van der Waals surface area contributed by atoms with Gasteiger partial charge in [-0.15, -0.1) is 0 Å². The van der Waals surface area contributed by atoms with Crippen molar-refractivity contribution >= 4 is 22.5 Å². The predicted molar refractivity (Wildman–Crippen MR) is 85.1 cm³/mol. The molecule has 2 aromatic carbocycles. The first-order chi connectivity index (χ1) is 10.1. The molecule has 3 rings (SSSR count). The van der Waals surface area contributed by atoms with Crippen LogP contribution in [0.4, 0.5) is 5.69 Å². The van der Waals surface area contributed by atoms with Crippen molar-refractivity contribution in [2.45, 2.75) is 13.5 Å². The predicted octanol–water partition coefficient (Wildman–Crippen LogP) is 2.99. The molecule has 3 aromatic rings. The number of benzene rings is 2. The number of H-pyrrole nitrogens is 1. The van der Waals surface area contributed by atoms with Crippen LogP contribution in [-0.2, 0) is 6.54 Å². The normalized spacial score (nSPS) is 10.7. The molecule has 0 saturated heterocycles. The number of hydrogen-bond donors (Lipinski definition) is 3. The fourth-order valence-corrected chi connectivity index (χ4v) is 2.32. The second-order valence-corrected chi connectivity index (χ2v) is 5.18. The van der Waals surface area contributed by atoms with E-state index in [0.717, 1.165) is 16.5 Å². The van der Waals surface area contributed by atoms with Crippen molar-refractivity contribution in [3.8, 4) is 0 Å². The summed E-state index contributed by atoms with van der Waals surface area (Å²) in [5.74, 6) is -0.0911. The monoisotopic (exact) mass is 279 g/mol. The van der Waals surface area contributed by atoms with Crippen molar-refractivity contribution in [2.24, 2.45) is 0 Å². The molecule has 0 aliphatic carbocycles. The summed E-state index contributed by atoms with van der Waals surface area (Å²) in [5.41, 5.74) is 10.2. The minimum absolute atomic E-state index is 0.0911. The van der Waals surface area contributed by atoms with Crippen LogP contribution >= 0.6 is 0 Å². The molecule has 0 aliphatic heterocycles. The number of rotatable bonds is 3. The van der Waals surface area contributed by atoms with E-state index in [1.165, 1.54) is 5.56 Å². The molecule has 0 spiro atoms. The largest absolute Gasteiger partial charge is 0.399 e. The lowest BCUT2D eigenvalue weighted by atomic mass is 10.1. The summed E-state index contributed by atoms with van der Waals surface area (Å²) in [6, 6.07) is 13.6. The van der Waals surface area contributed by atoms with Gasteiger partial charge in [0.15, 0.2) is 0 Å². The molecule has 1 heterocycles. The van der Waals surface area contributed by atoms with Crippen LogP contribution in [0.3, 0.4) is 0 Å². The van der Waals surface area contributed by atoms with Crippen LogP contribution in [0.1, 0.15) is 21.5 Å². The molecule has 4 heteroatoms. The Morgan fingerprint density at radius 2 is 1.95 bits per heavy atom. The van der Waals surface area contributed by atoms with Gasteiger partial charge in [-0.1, -0.05) is 29.8 Å². The average molecular weight is 279 g/mol. The minimum atomic E-state index is -0.0911. The zero-order valence-corrected chi connectivity index (χ0v) is 11.8. The number of carbonyl (C=O) groups is 1. The van der Waals surface area contributed by atoms with Crippen LogP contribution in [0.15, 0.2) is 48.7 Å². The van der Waals surface area contributed by atoms with Crippen LogP contribution in [0.5, 0.6) is 0 Å². The first-order valence-corrected chi connectivity index (χ1v) is 6.84. The number of carbonyl (C=O) groups excluding carboxylic acids is 1. The van der Waals surface area contributed by atoms with Crippen molar-refractivity contribution in [1.82, 2.24) is 10.3 Å². The van der Waals surface area contributed by atoms with E-state index in [0.29, 0.717) is 17.8 Å². The SMILES string of the molecule is Cc1ccc(CNC(=O)c2c[nH]c3cc(N)ccc23)cc1. The molecular formula is C17H17N3O. The summed E-state index contributed by atoms with van der Waals surface area (Å²) in [6.45, 7) is 2.56. The third-order valence-electron chi connectivity index (χ3n) is 3.52. The molecule has 4 nitrogen and oxygen atoms in total. The highest BCUT2D eigenvalue weighted by molar-refractivity contribution is 6.07.